The van der Waals surface area contributed by atoms with Gasteiger partial charge in [-0.05, 0) is 42.5 Å². The molecule has 1 N–H and O–H groups in total. The smallest absolute Gasteiger partial charge is 0.257 e. The largest absolute Gasteiger partial charge is 0.486 e. The van der Waals surface area contributed by atoms with Crippen LogP contribution in [0.25, 0.3) is 11.5 Å². The van der Waals surface area contributed by atoms with Gasteiger partial charge in [0.1, 0.15) is 29.5 Å². The highest BCUT2D eigenvalue weighted by molar-refractivity contribution is 7.18. The minimum atomic E-state index is -0.381. The Morgan fingerprint density at radius 3 is 2.65 bits per heavy atom. The lowest BCUT2D eigenvalue weighted by Gasteiger charge is -2.18. The molecule has 154 valence electrons. The van der Waals surface area contributed by atoms with Crippen LogP contribution in [0.1, 0.15) is 25.7 Å². The van der Waals surface area contributed by atoms with E-state index in [2.05, 4.69) is 15.3 Å². The molecule has 5 rings (SSSR count). The number of nitrogens with one attached hydrogen (secondary N) is 1. The molecule has 4 heterocycles. The number of thiazole rings is 1. The molecule has 0 radical (unpaired) electrons. The fourth-order valence-electron chi connectivity index (χ4n) is 3.08. The third kappa shape index (κ3) is 3.78. The van der Waals surface area contributed by atoms with E-state index in [0.29, 0.717) is 46.6 Å². The number of furan rings is 1. The molecule has 1 amide bonds. The zero-order chi connectivity index (χ0) is 21.2. The minimum Gasteiger partial charge on any atom is -0.486 e. The number of carbonyl (C=O) groups excluding carboxylic acids is 2. The second kappa shape index (κ2) is 8.04. The maximum atomic E-state index is 13.0. The summed E-state index contributed by atoms with van der Waals surface area (Å²) in [6, 6.07) is 13.5. The van der Waals surface area contributed by atoms with E-state index in [4.69, 9.17) is 13.9 Å². The van der Waals surface area contributed by atoms with E-state index in [0.717, 1.165) is 11.3 Å². The normalized spacial score (nSPS) is 12.4. The Morgan fingerprint density at radius 1 is 1.00 bits per heavy atom. The lowest BCUT2D eigenvalue weighted by Crippen LogP contribution is -2.17. The molecule has 9 heteroatoms. The van der Waals surface area contributed by atoms with Crippen LogP contribution in [-0.4, -0.2) is 34.9 Å². The van der Waals surface area contributed by atoms with Gasteiger partial charge in [0.15, 0.2) is 22.4 Å². The number of hydrogen-bond donors (Lipinski definition) is 1. The van der Waals surface area contributed by atoms with Crippen molar-refractivity contribution in [1.82, 2.24) is 9.97 Å². The van der Waals surface area contributed by atoms with Crippen LogP contribution in [0.2, 0.25) is 0 Å². The van der Waals surface area contributed by atoms with E-state index in [-0.39, 0.29) is 22.5 Å². The van der Waals surface area contributed by atoms with Gasteiger partial charge in [-0.25, -0.2) is 4.98 Å². The van der Waals surface area contributed by atoms with Gasteiger partial charge in [-0.3, -0.25) is 19.9 Å². The molecule has 31 heavy (non-hydrogen) atoms. The second-order valence-electron chi connectivity index (χ2n) is 6.53. The van der Waals surface area contributed by atoms with Gasteiger partial charge in [-0.1, -0.05) is 17.4 Å². The van der Waals surface area contributed by atoms with Gasteiger partial charge in [0.05, 0.1) is 6.26 Å². The first kappa shape index (κ1) is 19.0. The molecule has 0 atom stereocenters. The van der Waals surface area contributed by atoms with E-state index in [9.17, 15) is 9.59 Å². The van der Waals surface area contributed by atoms with Gasteiger partial charge in [0, 0.05) is 11.8 Å². The van der Waals surface area contributed by atoms with Crippen LogP contribution in [0.15, 0.2) is 65.4 Å². The van der Waals surface area contributed by atoms with E-state index < -0.39 is 0 Å². The number of ether oxygens (including phenoxy) is 2. The number of amides is 1. The van der Waals surface area contributed by atoms with Crippen molar-refractivity contribution < 1.29 is 23.5 Å². The number of hydrogen-bond acceptors (Lipinski definition) is 8. The van der Waals surface area contributed by atoms with Crippen LogP contribution in [0.5, 0.6) is 11.5 Å². The highest BCUT2D eigenvalue weighted by atomic mass is 32.1. The quantitative estimate of drug-likeness (QED) is 0.474. The Balaban J connectivity index is 1.46. The molecule has 1 aliphatic rings. The van der Waals surface area contributed by atoms with Crippen LogP contribution in [0.3, 0.4) is 0 Å². The Hall–Kier alpha value is -3.98. The van der Waals surface area contributed by atoms with Crippen LogP contribution >= 0.6 is 11.3 Å². The lowest BCUT2D eigenvalue weighted by atomic mass is 10.1. The molecule has 0 saturated heterocycles. The molecule has 0 aliphatic carbocycles. The number of fused-ring (bicyclic) bond motifs is 1. The van der Waals surface area contributed by atoms with Gasteiger partial charge in [-0.15, -0.1) is 0 Å². The number of ketones is 1. The number of aromatic nitrogens is 2. The summed E-state index contributed by atoms with van der Waals surface area (Å²) in [6.45, 7) is 0.899. The molecular formula is C22H15N3O5S. The molecule has 0 bridgehead atoms. The highest BCUT2D eigenvalue weighted by Crippen LogP contribution is 2.34. The maximum absolute atomic E-state index is 13.0. The zero-order valence-electron chi connectivity index (χ0n) is 16.0. The van der Waals surface area contributed by atoms with Crippen molar-refractivity contribution in [1.29, 1.82) is 0 Å². The first-order valence-corrected chi connectivity index (χ1v) is 10.2. The predicted octanol–water partition coefficient (Wildman–Crippen LogP) is 4.05. The molecule has 3 aromatic heterocycles. The third-order valence-electron chi connectivity index (χ3n) is 4.51. The van der Waals surface area contributed by atoms with Gasteiger partial charge >= 0.3 is 0 Å². The van der Waals surface area contributed by atoms with E-state index >= 15 is 0 Å². The van der Waals surface area contributed by atoms with Crippen molar-refractivity contribution in [3.8, 4) is 23.0 Å². The first-order chi connectivity index (χ1) is 15.2. The summed E-state index contributed by atoms with van der Waals surface area (Å²) in [6.07, 6.45) is 3.04. The van der Waals surface area contributed by atoms with Crippen LogP contribution in [0.4, 0.5) is 5.13 Å². The molecule has 8 nitrogen and oxygen atoms in total. The fraction of sp³-hybridized carbons (Fsp3) is 0.0909. The van der Waals surface area contributed by atoms with Crippen LogP contribution in [0, 0.1) is 0 Å². The standard InChI is InChI=1S/C22H15N3O5S/c26-19(14-4-1-2-8-23-14)20-18(16-5-3-9-28-16)24-22(31-20)25-21(27)13-6-7-15-17(12-13)30-11-10-29-15/h1-9,12H,10-11H2,(H,24,25,27). The van der Waals surface area contributed by atoms with Crippen LogP contribution in [-0.2, 0) is 0 Å². The number of carbonyl (C=O) groups is 2. The molecule has 4 aromatic rings. The highest BCUT2D eigenvalue weighted by Gasteiger charge is 2.24. The molecule has 0 unspecified atom stereocenters. The average Bonchev–Trinajstić information content (AvgIpc) is 3.49. The van der Waals surface area contributed by atoms with Crippen molar-refractivity contribution in [2.45, 2.75) is 0 Å². The lowest BCUT2D eigenvalue weighted by molar-refractivity contribution is 0.102. The summed E-state index contributed by atoms with van der Waals surface area (Å²) in [4.78, 5) is 34.7. The van der Waals surface area contributed by atoms with Gasteiger partial charge < -0.3 is 13.9 Å². The summed E-state index contributed by atoms with van der Waals surface area (Å²) in [5.74, 6) is 0.856. The van der Waals surface area contributed by atoms with Crippen molar-refractivity contribution in [3.05, 3.63) is 77.1 Å². The minimum absolute atomic E-state index is 0.269. The third-order valence-corrected chi connectivity index (χ3v) is 5.48. The molecule has 1 aliphatic heterocycles. The summed E-state index contributed by atoms with van der Waals surface area (Å²) in [5.41, 5.74) is 1.02. The van der Waals surface area contributed by atoms with Gasteiger partial charge in [0.25, 0.3) is 5.91 Å². The van der Waals surface area contributed by atoms with E-state index in [1.165, 1.54) is 6.26 Å². The molecular weight excluding hydrogens is 418 g/mol. The van der Waals surface area contributed by atoms with E-state index in [1.54, 1.807) is 54.7 Å². The summed E-state index contributed by atoms with van der Waals surface area (Å²) >= 11 is 1.06. The zero-order valence-corrected chi connectivity index (χ0v) is 16.8. The molecule has 0 spiro atoms. The van der Waals surface area contributed by atoms with Crippen molar-refractivity contribution in [2.75, 3.05) is 18.5 Å². The summed E-state index contributed by atoms with van der Waals surface area (Å²) in [5, 5.41) is 3.02. The van der Waals surface area contributed by atoms with Gasteiger partial charge in [0.2, 0.25) is 5.78 Å². The maximum Gasteiger partial charge on any atom is 0.257 e. The number of nitrogens with zero attached hydrogens (tertiary/aromatic N) is 2. The Labute approximate surface area is 180 Å². The van der Waals surface area contributed by atoms with Crippen LogP contribution < -0.4 is 14.8 Å². The summed E-state index contributed by atoms with van der Waals surface area (Å²) < 4.78 is 16.5. The summed E-state index contributed by atoms with van der Waals surface area (Å²) in [7, 11) is 0. The Kier molecular flexibility index (Phi) is 4.93. The van der Waals surface area contributed by atoms with E-state index in [1.807, 2.05) is 0 Å². The first-order valence-electron chi connectivity index (χ1n) is 9.40. The van der Waals surface area contributed by atoms with Crippen molar-refractivity contribution in [3.63, 3.8) is 0 Å². The number of pyridine rings is 1. The Bertz CT molecular complexity index is 1250. The number of rotatable bonds is 5. The topological polar surface area (TPSA) is 104 Å². The second-order valence-corrected chi connectivity index (χ2v) is 7.53. The number of benzene rings is 1. The SMILES string of the molecule is O=C(Nc1nc(-c2ccco2)c(C(=O)c2ccccn2)s1)c1ccc2c(c1)OCCO2. The Morgan fingerprint density at radius 2 is 1.87 bits per heavy atom. The monoisotopic (exact) mass is 433 g/mol. The molecule has 0 fully saturated rings. The van der Waals surface area contributed by atoms with Crippen molar-refractivity contribution in [2.24, 2.45) is 0 Å². The number of anilines is 1. The average molecular weight is 433 g/mol. The van der Waals surface area contributed by atoms with Gasteiger partial charge in [-0.2, -0.15) is 0 Å². The fourth-order valence-corrected chi connectivity index (χ4v) is 3.99. The predicted molar refractivity (Wildman–Crippen MR) is 113 cm³/mol. The van der Waals surface area contributed by atoms with Crippen molar-refractivity contribution >= 4 is 28.2 Å². The molecule has 1 aromatic carbocycles. The molecule has 0 saturated carbocycles.